The van der Waals surface area contributed by atoms with E-state index in [9.17, 15) is 4.79 Å². The van der Waals surface area contributed by atoms with Crippen LogP contribution in [0.2, 0.25) is 0 Å². The molecule has 0 saturated heterocycles. The fourth-order valence-electron chi connectivity index (χ4n) is 3.30. The number of nitrogens with zero attached hydrogens (tertiary/aromatic N) is 5. The number of hydrogen-bond donors (Lipinski definition) is 0. The molecule has 7 heteroatoms. The van der Waals surface area contributed by atoms with Crippen molar-refractivity contribution in [2.45, 2.75) is 26.8 Å². The lowest BCUT2D eigenvalue weighted by Crippen LogP contribution is -2.32. The monoisotopic (exact) mass is 404 g/mol. The summed E-state index contributed by atoms with van der Waals surface area (Å²) < 4.78 is 7.60. The van der Waals surface area contributed by atoms with Gasteiger partial charge >= 0.3 is 5.63 Å². The highest BCUT2D eigenvalue weighted by Gasteiger charge is 2.07. The summed E-state index contributed by atoms with van der Waals surface area (Å²) in [6.07, 6.45) is 8.40. The number of anilines is 1. The molecule has 0 amide bonds. The van der Waals surface area contributed by atoms with Gasteiger partial charge in [0.1, 0.15) is 12.1 Å². The first-order valence-corrected chi connectivity index (χ1v) is 10.2. The standard InChI is InChI=1S/C23H26N5O2/c1-3-28(4-2)21-9-8-19-16-20(23(29)30-22(19)17-21)7-6-18-10-14-27(15-11-18)13-5-12-25-26-24/h6-11,14-17H,3-5,12-13H2,1-2H3/q+1. The Labute approximate surface area is 175 Å². The molecule has 0 N–H and O–H groups in total. The van der Waals surface area contributed by atoms with Crippen LogP contribution in [0.25, 0.3) is 33.6 Å². The average molecular weight is 404 g/mol. The second-order valence-electron chi connectivity index (χ2n) is 6.89. The Kier molecular flexibility index (Phi) is 7.24. The van der Waals surface area contributed by atoms with Crippen molar-refractivity contribution >= 4 is 28.8 Å². The Morgan fingerprint density at radius 2 is 1.90 bits per heavy atom. The summed E-state index contributed by atoms with van der Waals surface area (Å²) in [6.45, 7) is 7.28. The van der Waals surface area contributed by atoms with E-state index < -0.39 is 0 Å². The lowest BCUT2D eigenvalue weighted by atomic mass is 10.1. The topological polar surface area (TPSA) is 86.1 Å². The Hall–Kier alpha value is -3.57. The molecule has 3 aromatic rings. The molecule has 30 heavy (non-hydrogen) atoms. The summed E-state index contributed by atoms with van der Waals surface area (Å²) in [7, 11) is 0. The number of azide groups is 1. The van der Waals surface area contributed by atoms with Crippen molar-refractivity contribution < 1.29 is 8.98 Å². The minimum Gasteiger partial charge on any atom is -0.422 e. The summed E-state index contributed by atoms with van der Waals surface area (Å²) in [4.78, 5) is 17.4. The third-order valence-electron chi connectivity index (χ3n) is 4.99. The van der Waals surface area contributed by atoms with E-state index in [1.54, 1.807) is 6.08 Å². The number of aromatic nitrogens is 1. The van der Waals surface area contributed by atoms with Gasteiger partial charge in [0.15, 0.2) is 12.4 Å². The maximum Gasteiger partial charge on any atom is 0.343 e. The van der Waals surface area contributed by atoms with Crippen LogP contribution in [0.5, 0.6) is 0 Å². The smallest absolute Gasteiger partial charge is 0.343 e. The van der Waals surface area contributed by atoms with E-state index in [0.29, 0.717) is 17.7 Å². The van der Waals surface area contributed by atoms with Crippen molar-refractivity contribution in [1.29, 1.82) is 0 Å². The van der Waals surface area contributed by atoms with E-state index in [1.165, 1.54) is 0 Å². The van der Waals surface area contributed by atoms with Crippen LogP contribution in [-0.2, 0) is 6.54 Å². The van der Waals surface area contributed by atoms with Crippen LogP contribution in [0.1, 0.15) is 31.4 Å². The molecule has 154 valence electrons. The SMILES string of the molecule is CCN(CC)c1ccc2cc(/C=C/c3cc[n+](CCCN=[N+]=[N-])cc3)c(=O)oc2c1. The number of benzene rings is 1. The molecule has 0 atom stereocenters. The van der Waals surface area contributed by atoms with E-state index in [1.807, 2.05) is 53.4 Å². The van der Waals surface area contributed by atoms with Gasteiger partial charge in [0.25, 0.3) is 0 Å². The van der Waals surface area contributed by atoms with E-state index >= 15 is 0 Å². The van der Waals surface area contributed by atoms with Crippen molar-refractivity contribution in [1.82, 2.24) is 0 Å². The number of hydrogen-bond acceptors (Lipinski definition) is 4. The first kappa shape index (κ1) is 21.1. The third-order valence-corrected chi connectivity index (χ3v) is 4.99. The van der Waals surface area contributed by atoms with Crippen molar-refractivity contribution in [2.24, 2.45) is 5.11 Å². The van der Waals surface area contributed by atoms with Crippen LogP contribution < -0.4 is 15.1 Å². The van der Waals surface area contributed by atoms with Crippen LogP contribution in [-0.4, -0.2) is 19.6 Å². The van der Waals surface area contributed by atoms with Gasteiger partial charge in [-0.1, -0.05) is 11.2 Å². The zero-order valence-corrected chi connectivity index (χ0v) is 17.4. The van der Waals surface area contributed by atoms with Gasteiger partial charge in [-0.25, -0.2) is 9.36 Å². The lowest BCUT2D eigenvalue weighted by molar-refractivity contribution is -0.697. The highest BCUT2D eigenvalue weighted by atomic mass is 16.4. The minimum absolute atomic E-state index is 0.348. The molecular formula is C23H26N5O2+. The molecule has 0 unspecified atom stereocenters. The molecule has 7 nitrogen and oxygen atoms in total. The zero-order chi connectivity index (χ0) is 21.3. The Balaban J connectivity index is 1.75. The largest absolute Gasteiger partial charge is 0.422 e. The average Bonchev–Trinajstić information content (AvgIpc) is 2.77. The fourth-order valence-corrected chi connectivity index (χ4v) is 3.30. The molecule has 0 spiro atoms. The fraction of sp³-hybridized carbons (Fsp3) is 0.304. The molecular weight excluding hydrogens is 378 g/mol. The normalized spacial score (nSPS) is 11.0. The Morgan fingerprint density at radius 3 is 2.60 bits per heavy atom. The highest BCUT2D eigenvalue weighted by Crippen LogP contribution is 2.22. The molecule has 0 aliphatic rings. The van der Waals surface area contributed by atoms with Crippen LogP contribution in [0.3, 0.4) is 0 Å². The van der Waals surface area contributed by atoms with E-state index in [2.05, 4.69) is 34.8 Å². The van der Waals surface area contributed by atoms with Crippen LogP contribution in [0.15, 0.2) is 63.1 Å². The Morgan fingerprint density at radius 1 is 1.13 bits per heavy atom. The van der Waals surface area contributed by atoms with Crippen molar-refractivity contribution in [3.63, 3.8) is 0 Å². The number of rotatable bonds is 9. The molecule has 2 heterocycles. The van der Waals surface area contributed by atoms with Gasteiger partial charge in [0, 0.05) is 60.2 Å². The summed E-state index contributed by atoms with van der Waals surface area (Å²) in [5.74, 6) is 0. The molecule has 1 aromatic carbocycles. The van der Waals surface area contributed by atoms with Gasteiger partial charge in [0.05, 0.1) is 5.56 Å². The zero-order valence-electron chi connectivity index (χ0n) is 17.4. The molecule has 0 aliphatic heterocycles. The van der Waals surface area contributed by atoms with Crippen molar-refractivity contribution in [2.75, 3.05) is 24.5 Å². The van der Waals surface area contributed by atoms with Gasteiger partial charge < -0.3 is 9.32 Å². The molecule has 0 saturated carbocycles. The lowest BCUT2D eigenvalue weighted by Gasteiger charge is -2.20. The van der Waals surface area contributed by atoms with E-state index in [0.717, 1.165) is 42.7 Å². The first-order chi connectivity index (χ1) is 14.6. The summed E-state index contributed by atoms with van der Waals surface area (Å²) in [6, 6.07) is 11.8. The quantitative estimate of drug-likeness (QED) is 0.128. The number of aryl methyl sites for hydroxylation is 1. The van der Waals surface area contributed by atoms with Crippen LogP contribution in [0, 0.1) is 0 Å². The van der Waals surface area contributed by atoms with Crippen LogP contribution in [0.4, 0.5) is 5.69 Å². The number of pyridine rings is 1. The molecule has 0 aliphatic carbocycles. The molecule has 0 bridgehead atoms. The molecule has 2 aromatic heterocycles. The van der Waals surface area contributed by atoms with Crippen molar-refractivity contribution in [3.05, 3.63) is 80.8 Å². The van der Waals surface area contributed by atoms with E-state index in [4.69, 9.17) is 9.95 Å². The van der Waals surface area contributed by atoms with E-state index in [-0.39, 0.29) is 5.63 Å². The summed E-state index contributed by atoms with van der Waals surface area (Å²) in [5.41, 5.74) is 11.1. The second kappa shape index (κ2) is 10.3. The molecule has 0 fully saturated rings. The highest BCUT2D eigenvalue weighted by molar-refractivity contribution is 5.83. The third kappa shape index (κ3) is 5.27. The van der Waals surface area contributed by atoms with Gasteiger partial charge in [-0.2, -0.15) is 0 Å². The summed E-state index contributed by atoms with van der Waals surface area (Å²) >= 11 is 0. The van der Waals surface area contributed by atoms with Gasteiger partial charge in [-0.05, 0) is 49.2 Å². The predicted octanol–water partition coefficient (Wildman–Crippen LogP) is 4.80. The maximum atomic E-state index is 12.4. The first-order valence-electron chi connectivity index (χ1n) is 10.2. The summed E-state index contributed by atoms with van der Waals surface area (Å²) in [5, 5.41) is 4.43. The maximum absolute atomic E-state index is 12.4. The Bertz CT molecular complexity index is 1120. The van der Waals surface area contributed by atoms with Gasteiger partial charge in [-0.15, -0.1) is 0 Å². The van der Waals surface area contributed by atoms with Gasteiger partial charge in [0.2, 0.25) is 0 Å². The molecule has 3 rings (SSSR count). The van der Waals surface area contributed by atoms with Crippen LogP contribution >= 0.6 is 0 Å². The predicted molar refractivity (Wildman–Crippen MR) is 120 cm³/mol. The molecule has 0 radical (unpaired) electrons. The van der Waals surface area contributed by atoms with Crippen molar-refractivity contribution in [3.8, 4) is 0 Å². The second-order valence-corrected chi connectivity index (χ2v) is 6.89. The minimum atomic E-state index is -0.348. The van der Waals surface area contributed by atoms with Gasteiger partial charge in [-0.3, -0.25) is 0 Å². The number of fused-ring (bicyclic) bond motifs is 1.